The number of nitrogens with one attached hydrogen (secondary N) is 1. The molecular weight excluding hydrogens is 280 g/mol. The monoisotopic (exact) mass is 298 g/mol. The van der Waals surface area contributed by atoms with E-state index in [9.17, 15) is 4.79 Å². The molecule has 4 heteroatoms. The summed E-state index contributed by atoms with van der Waals surface area (Å²) in [6.07, 6.45) is 0. The fourth-order valence-corrected chi connectivity index (χ4v) is 2.16. The molecule has 1 unspecified atom stereocenters. The first-order valence-electron chi connectivity index (χ1n) is 6.79. The molecule has 0 saturated heterocycles. The van der Waals surface area contributed by atoms with Crippen LogP contribution in [0.1, 0.15) is 29.5 Å². The first-order valence-corrected chi connectivity index (χ1v) is 7.20. The third-order valence-electron chi connectivity index (χ3n) is 3.40. The Hall–Kier alpha value is -2.20. The van der Waals surface area contributed by atoms with Crippen LogP contribution in [0.3, 0.4) is 0 Å². The molecule has 0 bridgehead atoms. The van der Waals surface area contributed by atoms with Crippen molar-refractivity contribution in [2.45, 2.75) is 19.4 Å². The van der Waals surface area contributed by atoms with Crippen molar-refractivity contribution >= 4 is 23.1 Å². The lowest BCUT2D eigenvalue weighted by Crippen LogP contribution is -2.27. The zero-order chi connectivity index (χ0) is 15.2. The molecule has 0 aliphatic heterocycles. The molecule has 1 amide bonds. The molecule has 1 atom stereocenters. The van der Waals surface area contributed by atoms with Gasteiger partial charge in [0.05, 0.1) is 5.92 Å². The fraction of sp³-hybridized carbons (Fsp3) is 0.176. The van der Waals surface area contributed by atoms with Crippen molar-refractivity contribution in [3.63, 3.8) is 0 Å². The van der Waals surface area contributed by atoms with Gasteiger partial charge in [0.25, 0.3) is 0 Å². The summed E-state index contributed by atoms with van der Waals surface area (Å²) >= 11 is 4.91. The van der Waals surface area contributed by atoms with Gasteiger partial charge >= 0.3 is 0 Å². The van der Waals surface area contributed by atoms with Crippen LogP contribution in [-0.2, 0) is 11.3 Å². The summed E-state index contributed by atoms with van der Waals surface area (Å²) < 4.78 is 0. The van der Waals surface area contributed by atoms with Gasteiger partial charge in [0, 0.05) is 12.1 Å². The Labute approximate surface area is 130 Å². The molecule has 3 nitrogen and oxygen atoms in total. The number of amides is 1. The van der Waals surface area contributed by atoms with Crippen LogP contribution in [0, 0.1) is 0 Å². The van der Waals surface area contributed by atoms with E-state index in [1.54, 1.807) is 0 Å². The average Bonchev–Trinajstić information content (AvgIpc) is 2.53. The summed E-state index contributed by atoms with van der Waals surface area (Å²) in [5.74, 6) is -0.151. The molecule has 0 heterocycles. The number of nitrogens with two attached hydrogens (primary N) is 1. The minimum absolute atomic E-state index is 0.0135. The molecule has 0 spiro atoms. The molecule has 2 aromatic rings. The van der Waals surface area contributed by atoms with Crippen LogP contribution < -0.4 is 11.1 Å². The Morgan fingerprint density at radius 1 is 1.14 bits per heavy atom. The quantitative estimate of drug-likeness (QED) is 0.835. The molecule has 0 fully saturated rings. The lowest BCUT2D eigenvalue weighted by atomic mass is 10.0. The second kappa shape index (κ2) is 6.99. The van der Waals surface area contributed by atoms with Gasteiger partial charge in [-0.05, 0) is 18.1 Å². The maximum absolute atomic E-state index is 12.1. The molecule has 0 aliphatic rings. The summed E-state index contributed by atoms with van der Waals surface area (Å²) in [6, 6.07) is 17.3. The van der Waals surface area contributed by atoms with E-state index in [1.807, 2.05) is 61.5 Å². The van der Waals surface area contributed by atoms with E-state index >= 15 is 0 Å². The second-order valence-electron chi connectivity index (χ2n) is 4.91. The van der Waals surface area contributed by atoms with E-state index in [0.717, 1.165) is 16.7 Å². The number of rotatable bonds is 5. The van der Waals surface area contributed by atoms with Gasteiger partial charge in [0.1, 0.15) is 4.99 Å². The molecule has 108 valence electrons. The van der Waals surface area contributed by atoms with Crippen molar-refractivity contribution in [1.82, 2.24) is 5.32 Å². The smallest absolute Gasteiger partial charge is 0.227 e. The third-order valence-corrected chi connectivity index (χ3v) is 3.63. The molecule has 21 heavy (non-hydrogen) atoms. The van der Waals surface area contributed by atoms with Gasteiger partial charge in [0.2, 0.25) is 5.91 Å². The molecule has 3 N–H and O–H groups in total. The van der Waals surface area contributed by atoms with E-state index in [4.69, 9.17) is 18.0 Å². The van der Waals surface area contributed by atoms with E-state index in [2.05, 4.69) is 5.32 Å². The highest BCUT2D eigenvalue weighted by atomic mass is 32.1. The minimum atomic E-state index is -0.165. The number of carbonyl (C=O) groups excluding carboxylic acids is 1. The van der Waals surface area contributed by atoms with E-state index in [0.29, 0.717) is 11.5 Å². The highest BCUT2D eigenvalue weighted by Gasteiger charge is 2.14. The minimum Gasteiger partial charge on any atom is -0.389 e. The van der Waals surface area contributed by atoms with Crippen LogP contribution in [0.5, 0.6) is 0 Å². The molecule has 0 saturated carbocycles. The van der Waals surface area contributed by atoms with Crippen molar-refractivity contribution in [2.75, 3.05) is 0 Å². The first-order chi connectivity index (χ1) is 10.1. The van der Waals surface area contributed by atoms with E-state index in [1.165, 1.54) is 0 Å². The number of hydrogen-bond donors (Lipinski definition) is 2. The van der Waals surface area contributed by atoms with Crippen LogP contribution in [0.15, 0.2) is 54.6 Å². The molecule has 0 radical (unpaired) electrons. The number of hydrogen-bond acceptors (Lipinski definition) is 2. The SMILES string of the molecule is CC(C(=O)NCc1ccc(C(N)=S)cc1)c1ccccc1. The van der Waals surface area contributed by atoms with Crippen molar-refractivity contribution in [1.29, 1.82) is 0 Å². The molecule has 2 aromatic carbocycles. The normalized spacial score (nSPS) is 11.7. The summed E-state index contributed by atoms with van der Waals surface area (Å²) in [4.78, 5) is 12.5. The number of benzene rings is 2. The Balaban J connectivity index is 1.93. The van der Waals surface area contributed by atoms with Gasteiger partial charge in [-0.1, -0.05) is 66.8 Å². The third kappa shape index (κ3) is 4.13. The van der Waals surface area contributed by atoms with Crippen LogP contribution in [0.2, 0.25) is 0 Å². The topological polar surface area (TPSA) is 55.1 Å². The van der Waals surface area contributed by atoms with Crippen molar-refractivity contribution < 1.29 is 4.79 Å². The largest absolute Gasteiger partial charge is 0.389 e. The van der Waals surface area contributed by atoms with E-state index < -0.39 is 0 Å². The van der Waals surface area contributed by atoms with Crippen LogP contribution in [-0.4, -0.2) is 10.9 Å². The van der Waals surface area contributed by atoms with Crippen LogP contribution in [0.4, 0.5) is 0 Å². The Kier molecular flexibility index (Phi) is 5.06. The fourth-order valence-electron chi connectivity index (χ4n) is 2.02. The highest BCUT2D eigenvalue weighted by molar-refractivity contribution is 7.80. The van der Waals surface area contributed by atoms with E-state index in [-0.39, 0.29) is 11.8 Å². The van der Waals surface area contributed by atoms with Crippen molar-refractivity contribution in [3.8, 4) is 0 Å². The lowest BCUT2D eigenvalue weighted by Gasteiger charge is -2.12. The first kappa shape index (κ1) is 15.2. The summed E-state index contributed by atoms with van der Waals surface area (Å²) in [7, 11) is 0. The standard InChI is InChI=1S/C17H18N2OS/c1-12(14-5-3-2-4-6-14)17(20)19-11-13-7-9-15(10-8-13)16(18)21/h2-10,12H,11H2,1H3,(H2,18,21)(H,19,20). The lowest BCUT2D eigenvalue weighted by molar-refractivity contribution is -0.122. The Morgan fingerprint density at radius 2 is 1.76 bits per heavy atom. The van der Waals surface area contributed by atoms with Crippen LogP contribution in [0.25, 0.3) is 0 Å². The zero-order valence-electron chi connectivity index (χ0n) is 11.9. The maximum Gasteiger partial charge on any atom is 0.227 e. The second-order valence-corrected chi connectivity index (χ2v) is 5.35. The van der Waals surface area contributed by atoms with Gasteiger partial charge < -0.3 is 11.1 Å². The van der Waals surface area contributed by atoms with Gasteiger partial charge in [-0.25, -0.2) is 0 Å². The van der Waals surface area contributed by atoms with Gasteiger partial charge in [-0.2, -0.15) is 0 Å². The Bertz CT molecular complexity index is 623. The van der Waals surface area contributed by atoms with Crippen molar-refractivity contribution in [3.05, 3.63) is 71.3 Å². The predicted octanol–water partition coefficient (Wildman–Crippen LogP) is 2.74. The molecular formula is C17H18N2OS. The number of thiocarbonyl (C=S) groups is 1. The zero-order valence-corrected chi connectivity index (χ0v) is 12.7. The average molecular weight is 298 g/mol. The maximum atomic E-state index is 12.1. The predicted molar refractivity (Wildman–Crippen MR) is 89.0 cm³/mol. The summed E-state index contributed by atoms with van der Waals surface area (Å²) in [5, 5.41) is 2.94. The highest BCUT2D eigenvalue weighted by Crippen LogP contribution is 2.14. The van der Waals surface area contributed by atoms with Gasteiger partial charge in [0.15, 0.2) is 0 Å². The Morgan fingerprint density at radius 3 is 2.33 bits per heavy atom. The molecule has 2 rings (SSSR count). The number of carbonyl (C=O) groups is 1. The summed E-state index contributed by atoms with van der Waals surface area (Å²) in [6.45, 7) is 2.40. The summed E-state index contributed by atoms with van der Waals surface area (Å²) in [5.41, 5.74) is 8.41. The van der Waals surface area contributed by atoms with Crippen molar-refractivity contribution in [2.24, 2.45) is 5.73 Å². The molecule has 0 aromatic heterocycles. The van der Waals surface area contributed by atoms with Crippen LogP contribution >= 0.6 is 12.2 Å². The van der Waals surface area contributed by atoms with Gasteiger partial charge in [-0.15, -0.1) is 0 Å². The molecule has 0 aliphatic carbocycles. The van der Waals surface area contributed by atoms with Gasteiger partial charge in [-0.3, -0.25) is 4.79 Å².